The maximum Gasteiger partial charge on any atom is 0.165 e. The fraction of sp³-hybridized carbons (Fsp3) is 0.720. The van der Waals surface area contributed by atoms with E-state index in [1.165, 1.54) is 44.9 Å². The van der Waals surface area contributed by atoms with E-state index < -0.39 is 0 Å². The molecule has 0 bridgehead atoms. The molecule has 0 aliphatic heterocycles. The van der Waals surface area contributed by atoms with Crippen molar-refractivity contribution in [1.82, 2.24) is 0 Å². The van der Waals surface area contributed by atoms with Crippen LogP contribution in [0.25, 0.3) is 6.08 Å². The average molecular weight is 367 g/mol. The summed E-state index contributed by atoms with van der Waals surface area (Å²) in [6.45, 7) is 6.85. The van der Waals surface area contributed by atoms with E-state index in [1.807, 2.05) is 25.1 Å². The molecule has 1 aromatic heterocycles. The number of furan rings is 1. The summed E-state index contributed by atoms with van der Waals surface area (Å²) in [6, 6.07) is 3.98. The molecule has 5 rings (SSSR count). The number of fused-ring (bicyclic) bond motifs is 5. The van der Waals surface area contributed by atoms with Crippen LogP contribution in [0.5, 0.6) is 0 Å². The van der Waals surface area contributed by atoms with Gasteiger partial charge in [-0.3, -0.25) is 4.79 Å². The average Bonchev–Trinajstić information content (AvgIpc) is 3.16. The Hall–Kier alpha value is -1.31. The zero-order valence-electron chi connectivity index (χ0n) is 17.2. The fourth-order valence-electron chi connectivity index (χ4n) is 7.80. The summed E-state index contributed by atoms with van der Waals surface area (Å²) in [5.74, 6) is 5.25. The Morgan fingerprint density at radius 3 is 2.67 bits per heavy atom. The number of carbonyl (C=O) groups excluding carboxylic acids is 1. The molecule has 4 aliphatic carbocycles. The molecule has 0 amide bonds. The van der Waals surface area contributed by atoms with Gasteiger partial charge in [-0.2, -0.15) is 0 Å². The Bertz CT molecular complexity index is 786. The summed E-state index contributed by atoms with van der Waals surface area (Å²) >= 11 is 0. The molecule has 4 aliphatic rings. The quantitative estimate of drug-likeness (QED) is 0.525. The largest absolute Gasteiger partial charge is 0.462 e. The molecule has 6 atom stereocenters. The standard InChI is InChI=1S/C25H34O2/c1-16-7-9-19(27-16)14-17-15-22-20-10-8-18-6-4-5-12-24(18,2)21(20)11-13-25(22,3)23(17)26/h7,9,14,18,20-22H,4-6,8,10-13,15H2,1-3H3/b17-14-/t18-,20-,21+,22+,24+,25+/m1/s1. The first-order valence-corrected chi connectivity index (χ1v) is 11.2. The summed E-state index contributed by atoms with van der Waals surface area (Å²) in [7, 11) is 0. The van der Waals surface area contributed by atoms with E-state index in [9.17, 15) is 4.79 Å². The molecule has 0 saturated heterocycles. The third-order valence-electron chi connectivity index (χ3n) is 9.30. The van der Waals surface area contributed by atoms with Crippen molar-refractivity contribution in [2.75, 3.05) is 0 Å². The predicted octanol–water partition coefficient (Wildman–Crippen LogP) is 6.58. The van der Waals surface area contributed by atoms with Crippen molar-refractivity contribution in [2.24, 2.45) is 34.5 Å². The van der Waals surface area contributed by atoms with Crippen molar-refractivity contribution >= 4 is 11.9 Å². The van der Waals surface area contributed by atoms with Gasteiger partial charge in [0.05, 0.1) is 0 Å². The first kappa shape index (κ1) is 17.8. The summed E-state index contributed by atoms with van der Waals surface area (Å²) in [4.78, 5) is 13.4. The molecule has 2 heteroatoms. The van der Waals surface area contributed by atoms with Gasteiger partial charge in [0.25, 0.3) is 0 Å². The molecule has 0 aromatic carbocycles. The second-order valence-electron chi connectivity index (χ2n) is 10.5. The minimum atomic E-state index is -0.132. The minimum absolute atomic E-state index is 0.132. The Labute approximate surface area is 163 Å². The molecule has 4 saturated carbocycles. The maximum absolute atomic E-state index is 13.4. The van der Waals surface area contributed by atoms with Crippen molar-refractivity contribution in [3.63, 3.8) is 0 Å². The third kappa shape index (κ3) is 2.54. The molecule has 0 radical (unpaired) electrons. The molecule has 27 heavy (non-hydrogen) atoms. The number of hydrogen-bond acceptors (Lipinski definition) is 2. The molecule has 1 heterocycles. The lowest BCUT2D eigenvalue weighted by Crippen LogP contribution is -2.52. The Morgan fingerprint density at radius 2 is 1.89 bits per heavy atom. The molecular formula is C25H34O2. The minimum Gasteiger partial charge on any atom is -0.462 e. The number of aryl methyl sites for hydroxylation is 1. The van der Waals surface area contributed by atoms with Gasteiger partial charge in [-0.05, 0) is 105 Å². The van der Waals surface area contributed by atoms with Gasteiger partial charge >= 0.3 is 0 Å². The lowest BCUT2D eigenvalue weighted by Gasteiger charge is -2.59. The lowest BCUT2D eigenvalue weighted by molar-refractivity contribution is -0.137. The van der Waals surface area contributed by atoms with Gasteiger partial charge in [0.15, 0.2) is 5.78 Å². The number of allylic oxidation sites excluding steroid dienone is 1. The Balaban J connectivity index is 1.46. The van der Waals surface area contributed by atoms with Crippen molar-refractivity contribution in [1.29, 1.82) is 0 Å². The van der Waals surface area contributed by atoms with Gasteiger partial charge in [-0.15, -0.1) is 0 Å². The number of hydrogen-bond donors (Lipinski definition) is 0. The van der Waals surface area contributed by atoms with Gasteiger partial charge < -0.3 is 4.42 Å². The van der Waals surface area contributed by atoms with Crippen LogP contribution in [0.1, 0.15) is 83.2 Å². The molecule has 2 nitrogen and oxygen atoms in total. The van der Waals surface area contributed by atoms with Crippen molar-refractivity contribution in [3.8, 4) is 0 Å². The normalized spacial score (nSPS) is 45.4. The highest BCUT2D eigenvalue weighted by Crippen LogP contribution is 2.66. The number of ketones is 1. The van der Waals surface area contributed by atoms with Crippen LogP contribution in [0.15, 0.2) is 22.1 Å². The third-order valence-corrected chi connectivity index (χ3v) is 9.30. The molecule has 146 valence electrons. The van der Waals surface area contributed by atoms with E-state index in [2.05, 4.69) is 13.8 Å². The number of carbonyl (C=O) groups is 1. The van der Waals surface area contributed by atoms with Gasteiger partial charge in [0.2, 0.25) is 0 Å². The summed E-state index contributed by atoms with van der Waals surface area (Å²) in [5.41, 5.74) is 1.43. The maximum atomic E-state index is 13.4. The predicted molar refractivity (Wildman–Crippen MR) is 108 cm³/mol. The molecule has 0 N–H and O–H groups in total. The zero-order valence-corrected chi connectivity index (χ0v) is 17.2. The van der Waals surface area contributed by atoms with Crippen molar-refractivity contribution < 1.29 is 9.21 Å². The highest BCUT2D eigenvalue weighted by Gasteiger charge is 2.60. The first-order chi connectivity index (χ1) is 12.9. The topological polar surface area (TPSA) is 30.2 Å². The summed E-state index contributed by atoms with van der Waals surface area (Å²) in [6.07, 6.45) is 13.8. The van der Waals surface area contributed by atoms with Crippen LogP contribution in [0, 0.1) is 41.4 Å². The Morgan fingerprint density at radius 1 is 1.04 bits per heavy atom. The van der Waals surface area contributed by atoms with Crippen molar-refractivity contribution in [2.45, 2.75) is 78.6 Å². The highest BCUT2D eigenvalue weighted by atomic mass is 16.3. The zero-order chi connectivity index (χ0) is 18.8. The molecule has 4 fully saturated rings. The second kappa shape index (κ2) is 6.09. The van der Waals surface area contributed by atoms with Crippen LogP contribution in [-0.4, -0.2) is 5.78 Å². The second-order valence-corrected chi connectivity index (χ2v) is 10.5. The molecule has 1 aromatic rings. The fourth-order valence-corrected chi connectivity index (χ4v) is 7.80. The summed E-state index contributed by atoms with van der Waals surface area (Å²) < 4.78 is 5.74. The number of Topliss-reactive ketones (excluding diaryl/α,β-unsaturated/α-hetero) is 1. The molecule has 0 unspecified atom stereocenters. The van der Waals surface area contributed by atoms with Crippen LogP contribution in [0.2, 0.25) is 0 Å². The van der Waals surface area contributed by atoms with E-state index in [0.717, 1.165) is 47.7 Å². The van der Waals surface area contributed by atoms with E-state index >= 15 is 0 Å². The lowest BCUT2D eigenvalue weighted by atomic mass is 9.45. The van der Waals surface area contributed by atoms with Crippen LogP contribution >= 0.6 is 0 Å². The number of rotatable bonds is 1. The van der Waals surface area contributed by atoms with Gasteiger partial charge in [-0.25, -0.2) is 0 Å². The van der Waals surface area contributed by atoms with Crippen LogP contribution in [0.4, 0.5) is 0 Å². The van der Waals surface area contributed by atoms with Crippen LogP contribution in [0.3, 0.4) is 0 Å². The first-order valence-electron chi connectivity index (χ1n) is 11.2. The molecular weight excluding hydrogens is 332 g/mol. The van der Waals surface area contributed by atoms with Gasteiger partial charge in [-0.1, -0.05) is 26.7 Å². The monoisotopic (exact) mass is 366 g/mol. The van der Waals surface area contributed by atoms with Crippen LogP contribution < -0.4 is 0 Å². The van der Waals surface area contributed by atoms with Crippen molar-refractivity contribution in [3.05, 3.63) is 29.2 Å². The van der Waals surface area contributed by atoms with E-state index in [-0.39, 0.29) is 5.41 Å². The van der Waals surface area contributed by atoms with E-state index in [4.69, 9.17) is 4.42 Å². The smallest absolute Gasteiger partial charge is 0.165 e. The van der Waals surface area contributed by atoms with E-state index in [1.54, 1.807) is 0 Å². The van der Waals surface area contributed by atoms with Crippen LogP contribution in [-0.2, 0) is 4.79 Å². The van der Waals surface area contributed by atoms with E-state index in [0.29, 0.717) is 17.1 Å². The van der Waals surface area contributed by atoms with Gasteiger partial charge in [0, 0.05) is 5.41 Å². The molecule has 0 spiro atoms. The van der Waals surface area contributed by atoms with Gasteiger partial charge in [0.1, 0.15) is 11.5 Å². The summed E-state index contributed by atoms with van der Waals surface area (Å²) in [5, 5.41) is 0. The Kier molecular flexibility index (Phi) is 4.01. The SMILES string of the molecule is Cc1ccc(/C=C2/C[C@H]3[C@@H]4CC[C@H]5CCCC[C@]5(C)[C@H]4CC[C@]3(C)C2=O)o1. The highest BCUT2D eigenvalue weighted by molar-refractivity contribution is 6.05.